The molecule has 1 aromatic rings. The van der Waals surface area contributed by atoms with E-state index < -0.39 is 6.10 Å². The molecule has 1 unspecified atom stereocenters. The Kier molecular flexibility index (Phi) is 9.54. The van der Waals surface area contributed by atoms with E-state index in [4.69, 9.17) is 0 Å². The molecule has 0 fully saturated rings. The van der Waals surface area contributed by atoms with E-state index in [9.17, 15) is 15.3 Å². The summed E-state index contributed by atoms with van der Waals surface area (Å²) >= 11 is 0. The number of allylic oxidation sites excluding steroid dienone is 1. The lowest BCUT2D eigenvalue weighted by molar-refractivity contribution is 0.199. The lowest BCUT2D eigenvalue weighted by Crippen LogP contribution is -2.15. The minimum absolute atomic E-state index is 0.0954. The zero-order valence-corrected chi connectivity index (χ0v) is 17.5. The van der Waals surface area contributed by atoms with Crippen LogP contribution in [0.25, 0.3) is 6.08 Å². The molecule has 0 aliphatic heterocycles. The first-order valence-electron chi connectivity index (χ1n) is 9.89. The van der Waals surface area contributed by atoms with Crippen LogP contribution in [0, 0.1) is 19.8 Å². The van der Waals surface area contributed by atoms with Crippen molar-refractivity contribution in [2.45, 2.75) is 66.4 Å². The quantitative estimate of drug-likeness (QED) is 0.478. The third kappa shape index (κ3) is 7.00. The van der Waals surface area contributed by atoms with Gasteiger partial charge in [0.25, 0.3) is 0 Å². The highest BCUT2D eigenvalue weighted by Gasteiger charge is 2.16. The second-order valence-corrected chi connectivity index (χ2v) is 7.63. The van der Waals surface area contributed by atoms with E-state index >= 15 is 0 Å². The number of phenols is 1. The van der Waals surface area contributed by atoms with E-state index in [1.165, 1.54) is 5.57 Å². The largest absolute Gasteiger partial charge is 0.507 e. The van der Waals surface area contributed by atoms with Gasteiger partial charge in [-0.1, -0.05) is 51.5 Å². The van der Waals surface area contributed by atoms with Crippen LogP contribution in [0.2, 0.25) is 0 Å². The molecule has 0 aliphatic carbocycles. The molecule has 0 radical (unpaired) electrons. The molecule has 1 atom stereocenters. The monoisotopic (exact) mass is 372 g/mol. The molecular formula is C24H36O3. The Morgan fingerprint density at radius 2 is 1.74 bits per heavy atom. The smallest absolute Gasteiger partial charge is 0.121 e. The molecule has 0 heterocycles. The molecule has 0 aromatic heterocycles. The van der Waals surface area contributed by atoms with Gasteiger partial charge in [-0.05, 0) is 79.0 Å². The maximum Gasteiger partial charge on any atom is 0.121 e. The summed E-state index contributed by atoms with van der Waals surface area (Å²) in [4.78, 5) is 0. The Hall–Kier alpha value is -1.84. The third-order valence-corrected chi connectivity index (χ3v) is 4.93. The van der Waals surface area contributed by atoms with Gasteiger partial charge in [0.1, 0.15) is 5.75 Å². The van der Waals surface area contributed by atoms with Crippen molar-refractivity contribution in [2.24, 2.45) is 5.92 Å². The van der Waals surface area contributed by atoms with Crippen molar-refractivity contribution in [3.05, 3.63) is 58.2 Å². The van der Waals surface area contributed by atoms with Crippen molar-refractivity contribution in [1.82, 2.24) is 0 Å². The summed E-state index contributed by atoms with van der Waals surface area (Å²) in [6, 6.07) is 3.98. The number of aliphatic hydroxyl groups excluding tert-OH is 2. The standard InChI is InChI=1S/C24H36O3/c1-7-8-20(15-21-13-17(4)24(27)18(5)14-21)9-10-23(26)22(11-12-25)19(6)16(2)3/h11,13-16,23,25-27H,6-10,12H2,1-5H3/b20-15+,22-11-. The minimum Gasteiger partial charge on any atom is -0.507 e. The molecule has 0 saturated carbocycles. The first kappa shape index (κ1) is 23.2. The van der Waals surface area contributed by atoms with Gasteiger partial charge in [-0.25, -0.2) is 0 Å². The highest BCUT2D eigenvalue weighted by Crippen LogP contribution is 2.28. The molecule has 1 rings (SSSR count). The maximum atomic E-state index is 10.7. The molecule has 3 N–H and O–H groups in total. The summed E-state index contributed by atoms with van der Waals surface area (Å²) in [5.74, 6) is 0.580. The Bertz CT molecular complexity index is 673. The molecule has 0 spiro atoms. The average Bonchev–Trinajstić information content (AvgIpc) is 2.61. The summed E-state index contributed by atoms with van der Waals surface area (Å²) in [7, 11) is 0. The van der Waals surface area contributed by atoms with Gasteiger partial charge in [-0.15, -0.1) is 0 Å². The molecule has 3 heteroatoms. The van der Waals surface area contributed by atoms with E-state index in [1.807, 2.05) is 39.8 Å². The van der Waals surface area contributed by atoms with Crippen LogP contribution in [-0.2, 0) is 0 Å². The van der Waals surface area contributed by atoms with Crippen molar-refractivity contribution in [1.29, 1.82) is 0 Å². The fraction of sp³-hybridized carbons (Fsp3) is 0.500. The summed E-state index contributed by atoms with van der Waals surface area (Å²) in [6.07, 6.45) is 6.59. The highest BCUT2D eigenvalue weighted by atomic mass is 16.3. The van der Waals surface area contributed by atoms with Crippen LogP contribution in [0.3, 0.4) is 0 Å². The van der Waals surface area contributed by atoms with E-state index in [2.05, 4.69) is 19.6 Å². The molecule has 150 valence electrons. The lowest BCUT2D eigenvalue weighted by atomic mass is 9.89. The Balaban J connectivity index is 2.97. The van der Waals surface area contributed by atoms with Crippen molar-refractivity contribution in [2.75, 3.05) is 6.61 Å². The number of aromatic hydroxyl groups is 1. The third-order valence-electron chi connectivity index (χ3n) is 4.93. The topological polar surface area (TPSA) is 60.7 Å². The van der Waals surface area contributed by atoms with Crippen molar-refractivity contribution in [3.63, 3.8) is 0 Å². The zero-order chi connectivity index (χ0) is 20.6. The van der Waals surface area contributed by atoms with Gasteiger partial charge in [-0.3, -0.25) is 0 Å². The fourth-order valence-electron chi connectivity index (χ4n) is 3.29. The molecule has 1 aromatic carbocycles. The normalized spacial score (nSPS) is 13.9. The van der Waals surface area contributed by atoms with E-state index in [0.717, 1.165) is 47.1 Å². The highest BCUT2D eigenvalue weighted by molar-refractivity contribution is 5.58. The Labute approximate surface area is 164 Å². The van der Waals surface area contributed by atoms with Gasteiger partial charge >= 0.3 is 0 Å². The number of hydrogen-bond acceptors (Lipinski definition) is 3. The van der Waals surface area contributed by atoms with Crippen molar-refractivity contribution < 1.29 is 15.3 Å². The second-order valence-electron chi connectivity index (χ2n) is 7.63. The Morgan fingerprint density at radius 1 is 1.15 bits per heavy atom. The number of rotatable bonds is 10. The molecular weight excluding hydrogens is 336 g/mol. The predicted octanol–water partition coefficient (Wildman–Crippen LogP) is 5.46. The summed E-state index contributed by atoms with van der Waals surface area (Å²) in [5.41, 5.74) is 5.73. The number of aliphatic hydroxyl groups is 2. The molecule has 0 bridgehead atoms. The first-order chi connectivity index (χ1) is 12.7. The number of hydrogen-bond donors (Lipinski definition) is 3. The summed E-state index contributed by atoms with van der Waals surface area (Å²) < 4.78 is 0. The number of benzene rings is 1. The van der Waals surface area contributed by atoms with E-state index in [-0.39, 0.29) is 12.5 Å². The van der Waals surface area contributed by atoms with Gasteiger partial charge in [0.2, 0.25) is 0 Å². The molecule has 3 nitrogen and oxygen atoms in total. The lowest BCUT2D eigenvalue weighted by Gasteiger charge is -2.20. The molecule has 0 saturated heterocycles. The molecule has 27 heavy (non-hydrogen) atoms. The average molecular weight is 373 g/mol. The first-order valence-corrected chi connectivity index (χ1v) is 9.89. The SMILES string of the molecule is C=C(/C(=C/CO)C(O)CC/C(=C/c1cc(C)c(O)c(C)c1)CCC)C(C)C. The van der Waals surface area contributed by atoms with Crippen molar-refractivity contribution >= 4 is 6.08 Å². The fourth-order valence-corrected chi connectivity index (χ4v) is 3.29. The van der Waals surface area contributed by atoms with Crippen LogP contribution < -0.4 is 0 Å². The van der Waals surface area contributed by atoms with Gasteiger partial charge < -0.3 is 15.3 Å². The maximum absolute atomic E-state index is 10.7. The second kappa shape index (κ2) is 11.1. The predicted molar refractivity (Wildman–Crippen MR) is 115 cm³/mol. The molecule has 0 amide bonds. The van der Waals surface area contributed by atoms with Crippen LogP contribution in [0.1, 0.15) is 63.1 Å². The molecule has 0 aliphatic rings. The Morgan fingerprint density at radius 3 is 2.22 bits per heavy atom. The van der Waals surface area contributed by atoms with Crippen LogP contribution in [0.15, 0.2) is 41.5 Å². The van der Waals surface area contributed by atoms with Gasteiger partial charge in [0.05, 0.1) is 12.7 Å². The number of phenolic OH excluding ortho intramolecular Hbond substituents is 1. The van der Waals surface area contributed by atoms with Crippen LogP contribution in [0.5, 0.6) is 5.75 Å². The number of aryl methyl sites for hydroxylation is 2. The summed E-state index contributed by atoms with van der Waals surface area (Å²) in [6.45, 7) is 14.0. The van der Waals surface area contributed by atoms with Crippen LogP contribution in [0.4, 0.5) is 0 Å². The van der Waals surface area contributed by atoms with Gasteiger partial charge in [0.15, 0.2) is 0 Å². The van der Waals surface area contributed by atoms with Gasteiger partial charge in [0, 0.05) is 0 Å². The van der Waals surface area contributed by atoms with Crippen LogP contribution in [-0.4, -0.2) is 28.0 Å². The van der Waals surface area contributed by atoms with E-state index in [0.29, 0.717) is 12.2 Å². The minimum atomic E-state index is -0.629. The van der Waals surface area contributed by atoms with Crippen molar-refractivity contribution in [3.8, 4) is 5.75 Å². The van der Waals surface area contributed by atoms with Crippen LogP contribution >= 0.6 is 0 Å². The van der Waals surface area contributed by atoms with E-state index in [1.54, 1.807) is 6.08 Å². The zero-order valence-electron chi connectivity index (χ0n) is 17.5. The summed E-state index contributed by atoms with van der Waals surface area (Å²) in [5, 5.41) is 29.9. The van der Waals surface area contributed by atoms with Gasteiger partial charge in [-0.2, -0.15) is 0 Å².